The van der Waals surface area contributed by atoms with Crippen molar-refractivity contribution in [3.63, 3.8) is 0 Å². The van der Waals surface area contributed by atoms with E-state index in [4.69, 9.17) is 0 Å². The molecule has 0 spiro atoms. The van der Waals surface area contributed by atoms with Crippen LogP contribution < -0.4 is 5.32 Å². The van der Waals surface area contributed by atoms with Crippen molar-refractivity contribution in [1.29, 1.82) is 0 Å². The summed E-state index contributed by atoms with van der Waals surface area (Å²) in [7, 11) is 1.96. The first-order chi connectivity index (χ1) is 10.7. The minimum absolute atomic E-state index is 0. The zero-order valence-electron chi connectivity index (χ0n) is 13.8. The van der Waals surface area contributed by atoms with Gasteiger partial charge in [0.2, 0.25) is 11.8 Å². The minimum atomic E-state index is -0.228. The lowest BCUT2D eigenvalue weighted by Crippen LogP contribution is -2.54. The topological polar surface area (TPSA) is 52.7 Å². The SMILES string of the molecule is CNC1CCCN(C(=O)C2CSCN2C(=O)C2CCCC2)C1.Cl. The summed E-state index contributed by atoms with van der Waals surface area (Å²) in [5.74, 6) is 2.01. The Kier molecular flexibility index (Phi) is 7.04. The lowest BCUT2D eigenvalue weighted by Gasteiger charge is -2.36. The number of thioether (sulfide) groups is 1. The molecule has 0 aromatic heterocycles. The number of hydrogen-bond donors (Lipinski definition) is 1. The molecule has 1 aliphatic carbocycles. The number of hydrogen-bond acceptors (Lipinski definition) is 4. The highest BCUT2D eigenvalue weighted by molar-refractivity contribution is 7.99. The minimum Gasteiger partial charge on any atom is -0.339 e. The second-order valence-corrected chi connectivity index (χ2v) is 7.72. The Morgan fingerprint density at radius 2 is 1.83 bits per heavy atom. The third-order valence-electron chi connectivity index (χ3n) is 5.30. The van der Waals surface area contributed by atoms with Gasteiger partial charge in [-0.15, -0.1) is 24.2 Å². The Morgan fingerprint density at radius 3 is 2.52 bits per heavy atom. The molecule has 2 aliphatic heterocycles. The Hall–Kier alpha value is -0.460. The standard InChI is InChI=1S/C16H27N3O2S.ClH/c1-17-13-7-4-8-18(9-13)16(21)14-10-22-11-19(14)15(20)12-5-2-3-6-12;/h12-14,17H,2-11H2,1H3;1H. The van der Waals surface area contributed by atoms with E-state index in [2.05, 4.69) is 5.32 Å². The first-order valence-electron chi connectivity index (χ1n) is 8.55. The van der Waals surface area contributed by atoms with E-state index >= 15 is 0 Å². The molecule has 7 heteroatoms. The monoisotopic (exact) mass is 361 g/mol. The van der Waals surface area contributed by atoms with Crippen LogP contribution in [0, 0.1) is 5.92 Å². The molecule has 2 unspecified atom stereocenters. The molecular formula is C16H28ClN3O2S. The smallest absolute Gasteiger partial charge is 0.246 e. The molecule has 2 heterocycles. The van der Waals surface area contributed by atoms with Crippen LogP contribution >= 0.6 is 24.2 Å². The molecular weight excluding hydrogens is 334 g/mol. The number of likely N-dealkylation sites (N-methyl/N-ethyl adjacent to an activating group) is 1. The fourth-order valence-electron chi connectivity index (χ4n) is 3.90. The molecule has 0 aromatic carbocycles. The molecule has 3 aliphatic rings. The van der Waals surface area contributed by atoms with Crippen LogP contribution in [0.3, 0.4) is 0 Å². The van der Waals surface area contributed by atoms with Crippen molar-refractivity contribution in [1.82, 2.24) is 15.1 Å². The molecule has 23 heavy (non-hydrogen) atoms. The molecule has 0 aromatic rings. The van der Waals surface area contributed by atoms with E-state index in [1.165, 1.54) is 0 Å². The molecule has 0 bridgehead atoms. The highest BCUT2D eigenvalue weighted by atomic mass is 35.5. The Morgan fingerprint density at radius 1 is 1.09 bits per heavy atom. The summed E-state index contributed by atoms with van der Waals surface area (Å²) in [5.41, 5.74) is 0. The number of likely N-dealkylation sites (tertiary alicyclic amines) is 1. The maximum Gasteiger partial charge on any atom is 0.246 e. The number of nitrogens with one attached hydrogen (secondary N) is 1. The van der Waals surface area contributed by atoms with Crippen molar-refractivity contribution in [2.75, 3.05) is 31.8 Å². The van der Waals surface area contributed by atoms with E-state index in [0.29, 0.717) is 11.9 Å². The summed E-state index contributed by atoms with van der Waals surface area (Å²) in [4.78, 5) is 29.4. The van der Waals surface area contributed by atoms with Crippen molar-refractivity contribution in [3.05, 3.63) is 0 Å². The van der Waals surface area contributed by atoms with Crippen LogP contribution in [0.4, 0.5) is 0 Å². The molecule has 2 saturated heterocycles. The quantitative estimate of drug-likeness (QED) is 0.831. The summed E-state index contributed by atoms with van der Waals surface area (Å²) < 4.78 is 0. The second kappa shape index (κ2) is 8.58. The van der Waals surface area contributed by atoms with Crippen molar-refractivity contribution < 1.29 is 9.59 Å². The van der Waals surface area contributed by atoms with Gasteiger partial charge < -0.3 is 15.1 Å². The molecule has 0 radical (unpaired) electrons. The van der Waals surface area contributed by atoms with Gasteiger partial charge in [0.05, 0.1) is 5.88 Å². The van der Waals surface area contributed by atoms with E-state index in [-0.39, 0.29) is 36.2 Å². The van der Waals surface area contributed by atoms with Gasteiger partial charge in [-0.2, -0.15) is 0 Å². The summed E-state index contributed by atoms with van der Waals surface area (Å²) in [5, 5.41) is 3.28. The summed E-state index contributed by atoms with van der Waals surface area (Å²) >= 11 is 1.72. The third kappa shape index (κ3) is 4.15. The average molecular weight is 362 g/mol. The highest BCUT2D eigenvalue weighted by Gasteiger charge is 2.40. The van der Waals surface area contributed by atoms with E-state index < -0.39 is 0 Å². The number of carbonyl (C=O) groups excluding carboxylic acids is 2. The molecule has 3 fully saturated rings. The van der Waals surface area contributed by atoms with Crippen molar-refractivity contribution >= 4 is 36.0 Å². The van der Waals surface area contributed by atoms with Crippen LogP contribution in [-0.4, -0.2) is 65.5 Å². The zero-order valence-corrected chi connectivity index (χ0v) is 15.5. The predicted molar refractivity (Wildman–Crippen MR) is 95.8 cm³/mol. The summed E-state index contributed by atoms with van der Waals surface area (Å²) in [6.07, 6.45) is 6.51. The number of piperidine rings is 1. The first-order valence-corrected chi connectivity index (χ1v) is 9.70. The lowest BCUT2D eigenvalue weighted by atomic mass is 10.0. The van der Waals surface area contributed by atoms with E-state index in [0.717, 1.165) is 57.4 Å². The number of rotatable bonds is 3. The number of halogens is 1. The molecule has 2 atom stereocenters. The number of nitrogens with zero attached hydrogens (tertiary/aromatic N) is 2. The Balaban J connectivity index is 0.00000192. The molecule has 132 valence electrons. The van der Waals surface area contributed by atoms with Gasteiger partial charge in [0, 0.05) is 30.8 Å². The maximum absolute atomic E-state index is 12.9. The maximum atomic E-state index is 12.9. The van der Waals surface area contributed by atoms with Gasteiger partial charge in [-0.25, -0.2) is 0 Å². The van der Waals surface area contributed by atoms with Crippen molar-refractivity contribution in [2.45, 2.75) is 50.6 Å². The predicted octanol–water partition coefficient (Wildman–Crippen LogP) is 1.71. The average Bonchev–Trinajstić information content (AvgIpc) is 3.24. The van der Waals surface area contributed by atoms with Crippen molar-refractivity contribution in [2.24, 2.45) is 5.92 Å². The summed E-state index contributed by atoms with van der Waals surface area (Å²) in [6, 6.07) is 0.166. The fraction of sp³-hybridized carbons (Fsp3) is 0.875. The van der Waals surface area contributed by atoms with E-state index in [1.54, 1.807) is 11.8 Å². The molecule has 2 amide bonds. The third-order valence-corrected chi connectivity index (χ3v) is 6.31. The van der Waals surface area contributed by atoms with Crippen LogP contribution in [0.25, 0.3) is 0 Å². The molecule has 1 saturated carbocycles. The zero-order chi connectivity index (χ0) is 15.5. The normalized spacial score (nSPS) is 28.7. The first kappa shape index (κ1) is 18.9. The highest BCUT2D eigenvalue weighted by Crippen LogP contribution is 2.31. The van der Waals surface area contributed by atoms with Gasteiger partial charge in [0.15, 0.2) is 0 Å². The van der Waals surface area contributed by atoms with E-state index in [1.807, 2.05) is 16.8 Å². The molecule has 1 N–H and O–H groups in total. The van der Waals surface area contributed by atoms with Crippen LogP contribution in [-0.2, 0) is 9.59 Å². The van der Waals surface area contributed by atoms with Gasteiger partial charge >= 0.3 is 0 Å². The van der Waals surface area contributed by atoms with Gasteiger partial charge in [0.1, 0.15) is 6.04 Å². The van der Waals surface area contributed by atoms with Crippen LogP contribution in [0.2, 0.25) is 0 Å². The van der Waals surface area contributed by atoms with Gasteiger partial charge in [0.25, 0.3) is 0 Å². The number of amides is 2. The Bertz CT molecular complexity index is 432. The Labute approximate surface area is 149 Å². The van der Waals surface area contributed by atoms with Gasteiger partial charge in [-0.1, -0.05) is 12.8 Å². The summed E-state index contributed by atoms with van der Waals surface area (Å²) in [6.45, 7) is 1.62. The molecule has 5 nitrogen and oxygen atoms in total. The van der Waals surface area contributed by atoms with Crippen LogP contribution in [0.1, 0.15) is 38.5 Å². The van der Waals surface area contributed by atoms with Crippen LogP contribution in [0.5, 0.6) is 0 Å². The van der Waals surface area contributed by atoms with Gasteiger partial charge in [-0.3, -0.25) is 9.59 Å². The second-order valence-electron chi connectivity index (χ2n) is 6.72. The lowest BCUT2D eigenvalue weighted by molar-refractivity contribution is -0.146. The van der Waals surface area contributed by atoms with Crippen LogP contribution in [0.15, 0.2) is 0 Å². The fourth-order valence-corrected chi connectivity index (χ4v) is 5.05. The van der Waals surface area contributed by atoms with Gasteiger partial charge in [-0.05, 0) is 32.7 Å². The number of carbonyl (C=O) groups is 2. The molecule has 3 rings (SSSR count). The van der Waals surface area contributed by atoms with Crippen molar-refractivity contribution in [3.8, 4) is 0 Å². The van der Waals surface area contributed by atoms with E-state index in [9.17, 15) is 9.59 Å². The largest absolute Gasteiger partial charge is 0.339 e.